The lowest BCUT2D eigenvalue weighted by molar-refractivity contribution is -0.139. The highest BCUT2D eigenvalue weighted by molar-refractivity contribution is 6.06. The maximum atomic E-state index is 12.8. The Morgan fingerprint density at radius 2 is 1.48 bits per heavy atom. The molecule has 31 heavy (non-hydrogen) atoms. The van der Waals surface area contributed by atoms with Crippen LogP contribution in [0.1, 0.15) is 29.6 Å². The second-order valence-corrected chi connectivity index (χ2v) is 7.06. The molecule has 0 N–H and O–H groups in total. The van der Waals surface area contributed by atoms with Crippen LogP contribution in [0.4, 0.5) is 11.4 Å². The van der Waals surface area contributed by atoms with Crippen molar-refractivity contribution >= 4 is 29.3 Å². The molecule has 0 aromatic heterocycles. The first-order chi connectivity index (χ1) is 15.0. The van der Waals surface area contributed by atoms with Gasteiger partial charge in [-0.1, -0.05) is 6.08 Å². The first-order valence-electron chi connectivity index (χ1n) is 10.0. The molecular weight excluding hydrogens is 400 g/mol. The fourth-order valence-electron chi connectivity index (χ4n) is 3.71. The first kappa shape index (κ1) is 22.1. The topological polar surface area (TPSA) is 85.4 Å². The molecule has 2 aliphatic heterocycles. The molecule has 1 aromatic carbocycles. The number of piperidine rings is 1. The molecule has 3 rings (SSSR count). The number of carbonyl (C=O) groups excluding carboxylic acids is 3. The molecule has 1 saturated heterocycles. The van der Waals surface area contributed by atoms with Crippen LogP contribution >= 0.6 is 0 Å². The van der Waals surface area contributed by atoms with Crippen molar-refractivity contribution in [1.29, 1.82) is 0 Å². The Bertz CT molecular complexity index is 957. The molecule has 2 heterocycles. The molecule has 0 saturated carbocycles. The molecule has 0 unspecified atom stereocenters. The Hall–Kier alpha value is -3.55. The van der Waals surface area contributed by atoms with Gasteiger partial charge in [0.1, 0.15) is 5.70 Å². The van der Waals surface area contributed by atoms with Crippen LogP contribution in [0, 0.1) is 0 Å². The average Bonchev–Trinajstić information content (AvgIpc) is 3.05. The molecule has 1 aromatic rings. The van der Waals surface area contributed by atoms with Gasteiger partial charge in [-0.15, -0.1) is 0 Å². The van der Waals surface area contributed by atoms with Gasteiger partial charge < -0.3 is 24.0 Å². The van der Waals surface area contributed by atoms with Crippen molar-refractivity contribution < 1.29 is 28.6 Å². The summed E-state index contributed by atoms with van der Waals surface area (Å²) < 4.78 is 14.8. The highest BCUT2D eigenvalue weighted by Crippen LogP contribution is 2.37. The predicted octanol–water partition coefficient (Wildman–Crippen LogP) is 2.95. The quantitative estimate of drug-likeness (QED) is 0.525. The molecule has 1 fully saturated rings. The summed E-state index contributed by atoms with van der Waals surface area (Å²) in [5, 5.41) is 0. The number of methoxy groups -OCH3 is 3. The van der Waals surface area contributed by atoms with E-state index in [9.17, 15) is 14.4 Å². The molecule has 0 aliphatic carbocycles. The molecule has 0 spiro atoms. The van der Waals surface area contributed by atoms with E-state index in [0.717, 1.165) is 38.0 Å². The molecular formula is C23H26N2O6. The lowest BCUT2D eigenvalue weighted by Gasteiger charge is -2.34. The van der Waals surface area contributed by atoms with Crippen molar-refractivity contribution in [2.75, 3.05) is 44.2 Å². The van der Waals surface area contributed by atoms with E-state index >= 15 is 0 Å². The third-order valence-electron chi connectivity index (χ3n) is 5.24. The standard InChI is InChI=1S/C23H26N2O6/c1-29-21(26)16-10-11-18(19(15-16)24-12-6-4-7-13-24)25-14-8-5-9-17(22(27)30-2)20(25)23(28)31-3/h5,8-11,14-15H,4,6-7,12-13H2,1-3H3. The highest BCUT2D eigenvalue weighted by atomic mass is 16.5. The number of allylic oxidation sites excluding steroid dienone is 2. The number of nitrogens with zero attached hydrogens (tertiary/aromatic N) is 2. The Morgan fingerprint density at radius 1 is 0.806 bits per heavy atom. The zero-order chi connectivity index (χ0) is 22.4. The van der Waals surface area contributed by atoms with E-state index in [4.69, 9.17) is 14.2 Å². The lowest BCUT2D eigenvalue weighted by Crippen LogP contribution is -2.33. The predicted molar refractivity (Wildman–Crippen MR) is 116 cm³/mol. The Kier molecular flexibility index (Phi) is 7.12. The van der Waals surface area contributed by atoms with E-state index in [1.165, 1.54) is 27.4 Å². The van der Waals surface area contributed by atoms with Gasteiger partial charge in [-0.3, -0.25) is 0 Å². The van der Waals surface area contributed by atoms with Gasteiger partial charge in [0.25, 0.3) is 0 Å². The van der Waals surface area contributed by atoms with Crippen LogP contribution in [-0.4, -0.2) is 52.3 Å². The molecule has 0 bridgehead atoms. The molecule has 0 amide bonds. The molecule has 0 radical (unpaired) electrons. The van der Waals surface area contributed by atoms with Gasteiger partial charge in [0, 0.05) is 19.3 Å². The maximum Gasteiger partial charge on any atom is 0.355 e. The second-order valence-electron chi connectivity index (χ2n) is 7.06. The van der Waals surface area contributed by atoms with Crippen LogP contribution in [-0.2, 0) is 23.8 Å². The maximum absolute atomic E-state index is 12.8. The van der Waals surface area contributed by atoms with Crippen molar-refractivity contribution in [2.45, 2.75) is 19.3 Å². The SMILES string of the molecule is COC(=O)C1=C(C(=O)OC)N(c2ccc(C(=O)OC)cc2N2CCCCC2)C=CC=C1. The third kappa shape index (κ3) is 4.63. The minimum absolute atomic E-state index is 0.0310. The fourth-order valence-corrected chi connectivity index (χ4v) is 3.71. The van der Waals surface area contributed by atoms with Crippen LogP contribution in [0.15, 0.2) is 53.9 Å². The van der Waals surface area contributed by atoms with E-state index < -0.39 is 17.9 Å². The van der Waals surface area contributed by atoms with Crippen molar-refractivity contribution in [3.8, 4) is 0 Å². The molecule has 8 nitrogen and oxygen atoms in total. The number of rotatable bonds is 5. The minimum atomic E-state index is -0.682. The molecule has 8 heteroatoms. The third-order valence-corrected chi connectivity index (χ3v) is 5.24. The van der Waals surface area contributed by atoms with Crippen molar-refractivity contribution in [3.05, 3.63) is 59.5 Å². The van der Waals surface area contributed by atoms with Gasteiger partial charge in [0.2, 0.25) is 0 Å². The highest BCUT2D eigenvalue weighted by Gasteiger charge is 2.30. The molecule has 164 valence electrons. The van der Waals surface area contributed by atoms with Gasteiger partial charge in [-0.25, -0.2) is 14.4 Å². The van der Waals surface area contributed by atoms with E-state index in [1.807, 2.05) is 0 Å². The summed E-state index contributed by atoms with van der Waals surface area (Å²) in [7, 11) is 3.85. The monoisotopic (exact) mass is 426 g/mol. The zero-order valence-electron chi connectivity index (χ0n) is 17.9. The summed E-state index contributed by atoms with van der Waals surface area (Å²) in [6.45, 7) is 1.63. The number of anilines is 2. The number of benzene rings is 1. The Labute approximate surface area is 181 Å². The van der Waals surface area contributed by atoms with Gasteiger partial charge in [-0.2, -0.15) is 0 Å². The fraction of sp³-hybridized carbons (Fsp3) is 0.348. The minimum Gasteiger partial charge on any atom is -0.465 e. The summed E-state index contributed by atoms with van der Waals surface area (Å²) in [4.78, 5) is 41.1. The first-order valence-corrected chi connectivity index (χ1v) is 10.0. The van der Waals surface area contributed by atoms with Crippen LogP contribution in [0.5, 0.6) is 0 Å². The van der Waals surface area contributed by atoms with Crippen molar-refractivity contribution in [2.24, 2.45) is 0 Å². The van der Waals surface area contributed by atoms with E-state index in [-0.39, 0.29) is 11.3 Å². The van der Waals surface area contributed by atoms with Crippen molar-refractivity contribution in [3.63, 3.8) is 0 Å². The summed E-state index contributed by atoms with van der Waals surface area (Å²) >= 11 is 0. The average molecular weight is 426 g/mol. The number of carbonyl (C=O) groups is 3. The second kappa shape index (κ2) is 9.97. The summed E-state index contributed by atoms with van der Waals surface area (Å²) in [5.41, 5.74) is 1.90. The number of esters is 3. The van der Waals surface area contributed by atoms with Crippen LogP contribution in [0.25, 0.3) is 0 Å². The van der Waals surface area contributed by atoms with Gasteiger partial charge in [-0.05, 0) is 49.6 Å². The van der Waals surface area contributed by atoms with Crippen LogP contribution in [0.2, 0.25) is 0 Å². The Balaban J connectivity index is 2.21. The molecule has 0 atom stereocenters. The zero-order valence-corrected chi connectivity index (χ0v) is 17.9. The number of hydrogen-bond donors (Lipinski definition) is 0. The van der Waals surface area contributed by atoms with Gasteiger partial charge >= 0.3 is 17.9 Å². The normalized spacial score (nSPS) is 16.1. The van der Waals surface area contributed by atoms with Crippen molar-refractivity contribution in [1.82, 2.24) is 0 Å². The van der Waals surface area contributed by atoms with Gasteiger partial charge in [0.05, 0.1) is 43.8 Å². The number of ether oxygens (including phenoxy) is 3. The van der Waals surface area contributed by atoms with E-state index in [1.54, 1.807) is 41.5 Å². The Morgan fingerprint density at radius 3 is 2.13 bits per heavy atom. The summed E-state index contributed by atoms with van der Waals surface area (Å²) in [5.74, 6) is -1.79. The molecule has 2 aliphatic rings. The smallest absolute Gasteiger partial charge is 0.355 e. The summed E-state index contributed by atoms with van der Waals surface area (Å²) in [6.07, 6.45) is 9.73. The summed E-state index contributed by atoms with van der Waals surface area (Å²) in [6, 6.07) is 5.13. The largest absolute Gasteiger partial charge is 0.465 e. The van der Waals surface area contributed by atoms with E-state index in [2.05, 4.69) is 4.90 Å². The van der Waals surface area contributed by atoms with Gasteiger partial charge in [0.15, 0.2) is 0 Å². The van der Waals surface area contributed by atoms with Crippen LogP contribution < -0.4 is 9.80 Å². The lowest BCUT2D eigenvalue weighted by atomic mass is 10.1. The van der Waals surface area contributed by atoms with E-state index in [0.29, 0.717) is 11.3 Å². The number of hydrogen-bond acceptors (Lipinski definition) is 8. The van der Waals surface area contributed by atoms with Crippen LogP contribution in [0.3, 0.4) is 0 Å².